The quantitative estimate of drug-likeness (QED) is 0.812. The molecule has 84 valence electrons. The summed E-state index contributed by atoms with van der Waals surface area (Å²) < 4.78 is 0. The van der Waals surface area contributed by atoms with Crippen molar-refractivity contribution in [1.82, 2.24) is 0 Å². The molecule has 0 fully saturated rings. The van der Waals surface area contributed by atoms with E-state index in [0.717, 1.165) is 23.4 Å². The van der Waals surface area contributed by atoms with Gasteiger partial charge in [0, 0.05) is 11.4 Å². The zero-order chi connectivity index (χ0) is 11.3. The average Bonchev–Trinajstić information content (AvgIpc) is 2.23. The summed E-state index contributed by atoms with van der Waals surface area (Å²) in [6.07, 6.45) is 2.41. The third-order valence-electron chi connectivity index (χ3n) is 2.98. The molecule has 0 aromatic heterocycles. The Kier molecular flexibility index (Phi) is 5.13. The molecule has 15 heavy (non-hydrogen) atoms. The lowest BCUT2D eigenvalue weighted by molar-refractivity contribution is 0.103. The van der Waals surface area contributed by atoms with E-state index in [1.807, 2.05) is 24.3 Å². The SMILES string of the molecule is CCC(CC)C(O)Cc1ccccc1Cl. The van der Waals surface area contributed by atoms with Crippen LogP contribution < -0.4 is 0 Å². The molecule has 2 heteroatoms. The Hall–Kier alpha value is -0.530. The number of halogens is 1. The second kappa shape index (κ2) is 6.14. The molecule has 1 aromatic carbocycles. The van der Waals surface area contributed by atoms with Crippen LogP contribution in [0.15, 0.2) is 24.3 Å². The Morgan fingerprint density at radius 2 is 1.80 bits per heavy atom. The molecule has 1 unspecified atom stereocenters. The number of hydrogen-bond acceptors (Lipinski definition) is 1. The largest absolute Gasteiger partial charge is 0.392 e. The first-order chi connectivity index (χ1) is 7.19. The molecule has 1 aromatic rings. The summed E-state index contributed by atoms with van der Waals surface area (Å²) in [4.78, 5) is 0. The third kappa shape index (κ3) is 3.51. The lowest BCUT2D eigenvalue weighted by atomic mass is 9.92. The van der Waals surface area contributed by atoms with Crippen LogP contribution in [-0.4, -0.2) is 11.2 Å². The van der Waals surface area contributed by atoms with Gasteiger partial charge in [-0.25, -0.2) is 0 Å². The van der Waals surface area contributed by atoms with Crippen LogP contribution in [0.3, 0.4) is 0 Å². The van der Waals surface area contributed by atoms with Crippen LogP contribution in [0.5, 0.6) is 0 Å². The first-order valence-corrected chi connectivity index (χ1v) is 5.98. The van der Waals surface area contributed by atoms with Crippen molar-refractivity contribution in [1.29, 1.82) is 0 Å². The van der Waals surface area contributed by atoms with E-state index in [9.17, 15) is 5.11 Å². The maximum atomic E-state index is 10.0. The molecule has 0 aliphatic rings. The normalized spacial score (nSPS) is 13.1. The zero-order valence-corrected chi connectivity index (χ0v) is 10.2. The minimum Gasteiger partial charge on any atom is -0.392 e. The molecule has 0 amide bonds. The standard InChI is InChI=1S/C13H19ClO/c1-3-10(4-2)13(15)9-11-7-5-6-8-12(11)14/h5-8,10,13,15H,3-4,9H2,1-2H3. The van der Waals surface area contributed by atoms with Crippen LogP contribution in [-0.2, 0) is 6.42 Å². The molecule has 0 saturated heterocycles. The van der Waals surface area contributed by atoms with Crippen molar-refractivity contribution in [2.75, 3.05) is 0 Å². The van der Waals surface area contributed by atoms with Gasteiger partial charge in [0.25, 0.3) is 0 Å². The number of hydrogen-bond donors (Lipinski definition) is 1. The predicted molar refractivity (Wildman–Crippen MR) is 65.2 cm³/mol. The van der Waals surface area contributed by atoms with Crippen LogP contribution in [0.1, 0.15) is 32.3 Å². The van der Waals surface area contributed by atoms with Gasteiger partial charge in [0.15, 0.2) is 0 Å². The van der Waals surface area contributed by atoms with Crippen molar-refractivity contribution in [3.8, 4) is 0 Å². The molecule has 0 aliphatic carbocycles. The second-order valence-electron chi connectivity index (χ2n) is 3.94. The Morgan fingerprint density at radius 1 is 1.20 bits per heavy atom. The molecular weight excluding hydrogens is 208 g/mol. The molecule has 0 saturated carbocycles. The Balaban J connectivity index is 2.65. The van der Waals surface area contributed by atoms with E-state index >= 15 is 0 Å². The molecule has 1 atom stereocenters. The molecule has 0 spiro atoms. The van der Waals surface area contributed by atoms with Gasteiger partial charge in [-0.2, -0.15) is 0 Å². The number of benzene rings is 1. The van der Waals surface area contributed by atoms with Crippen LogP contribution in [0.25, 0.3) is 0 Å². The number of rotatable bonds is 5. The Morgan fingerprint density at radius 3 is 2.33 bits per heavy atom. The minimum absolute atomic E-state index is 0.278. The van der Waals surface area contributed by atoms with Crippen molar-refractivity contribution < 1.29 is 5.11 Å². The van der Waals surface area contributed by atoms with Gasteiger partial charge < -0.3 is 5.11 Å². The van der Waals surface area contributed by atoms with Crippen LogP contribution in [0, 0.1) is 5.92 Å². The smallest absolute Gasteiger partial charge is 0.0609 e. The van der Waals surface area contributed by atoms with Crippen molar-refractivity contribution in [3.05, 3.63) is 34.9 Å². The average molecular weight is 227 g/mol. The highest BCUT2D eigenvalue weighted by molar-refractivity contribution is 6.31. The topological polar surface area (TPSA) is 20.2 Å². The van der Waals surface area contributed by atoms with Crippen LogP contribution in [0.2, 0.25) is 5.02 Å². The van der Waals surface area contributed by atoms with E-state index in [1.165, 1.54) is 0 Å². The lowest BCUT2D eigenvalue weighted by Gasteiger charge is -2.20. The minimum atomic E-state index is -0.278. The number of aliphatic hydroxyl groups is 1. The summed E-state index contributed by atoms with van der Waals surface area (Å²) in [6.45, 7) is 4.23. The first-order valence-electron chi connectivity index (χ1n) is 5.60. The Bertz CT molecular complexity index is 294. The maximum absolute atomic E-state index is 10.0. The first kappa shape index (κ1) is 12.5. The van der Waals surface area contributed by atoms with Crippen molar-refractivity contribution in [2.45, 2.75) is 39.2 Å². The fraction of sp³-hybridized carbons (Fsp3) is 0.538. The molecular formula is C13H19ClO. The summed E-state index contributed by atoms with van der Waals surface area (Å²) in [5.41, 5.74) is 1.04. The predicted octanol–water partition coefficient (Wildman–Crippen LogP) is 3.68. The van der Waals surface area contributed by atoms with Crippen LogP contribution in [0.4, 0.5) is 0 Å². The zero-order valence-electron chi connectivity index (χ0n) is 9.41. The molecule has 1 nitrogen and oxygen atoms in total. The molecule has 0 bridgehead atoms. The van der Waals surface area contributed by atoms with Crippen molar-refractivity contribution in [3.63, 3.8) is 0 Å². The van der Waals surface area contributed by atoms with E-state index < -0.39 is 0 Å². The summed E-state index contributed by atoms with van der Waals surface area (Å²) >= 11 is 6.05. The number of aliphatic hydroxyl groups excluding tert-OH is 1. The van der Waals surface area contributed by atoms with Crippen molar-refractivity contribution >= 4 is 11.6 Å². The van der Waals surface area contributed by atoms with E-state index in [-0.39, 0.29) is 6.10 Å². The fourth-order valence-electron chi connectivity index (χ4n) is 1.89. The maximum Gasteiger partial charge on any atom is 0.0609 e. The van der Waals surface area contributed by atoms with Gasteiger partial charge in [-0.3, -0.25) is 0 Å². The molecule has 0 radical (unpaired) electrons. The van der Waals surface area contributed by atoms with Gasteiger partial charge in [0.1, 0.15) is 0 Å². The van der Waals surface area contributed by atoms with Gasteiger partial charge in [-0.15, -0.1) is 0 Å². The monoisotopic (exact) mass is 226 g/mol. The third-order valence-corrected chi connectivity index (χ3v) is 3.35. The fourth-order valence-corrected chi connectivity index (χ4v) is 2.10. The second-order valence-corrected chi connectivity index (χ2v) is 4.35. The summed E-state index contributed by atoms with van der Waals surface area (Å²) in [5, 5.41) is 10.8. The van der Waals surface area contributed by atoms with E-state index in [2.05, 4.69) is 13.8 Å². The van der Waals surface area contributed by atoms with Crippen molar-refractivity contribution in [2.24, 2.45) is 5.92 Å². The van der Waals surface area contributed by atoms with E-state index in [1.54, 1.807) is 0 Å². The highest BCUT2D eigenvalue weighted by atomic mass is 35.5. The summed E-state index contributed by atoms with van der Waals surface area (Å²) in [7, 11) is 0. The highest BCUT2D eigenvalue weighted by Gasteiger charge is 2.16. The van der Waals surface area contributed by atoms with Gasteiger partial charge in [0.2, 0.25) is 0 Å². The summed E-state index contributed by atoms with van der Waals surface area (Å²) in [5.74, 6) is 0.376. The molecule has 1 rings (SSSR count). The van der Waals surface area contributed by atoms with Gasteiger partial charge >= 0.3 is 0 Å². The Labute approximate surface area is 97.1 Å². The van der Waals surface area contributed by atoms with Gasteiger partial charge in [-0.1, -0.05) is 56.5 Å². The van der Waals surface area contributed by atoms with Gasteiger partial charge in [0.05, 0.1) is 6.10 Å². The van der Waals surface area contributed by atoms with E-state index in [4.69, 9.17) is 11.6 Å². The summed E-state index contributed by atoms with van der Waals surface area (Å²) in [6, 6.07) is 7.72. The molecule has 1 N–H and O–H groups in total. The van der Waals surface area contributed by atoms with Crippen LogP contribution >= 0.6 is 11.6 Å². The van der Waals surface area contributed by atoms with Gasteiger partial charge in [-0.05, 0) is 17.5 Å². The lowest BCUT2D eigenvalue weighted by Crippen LogP contribution is -2.21. The highest BCUT2D eigenvalue weighted by Crippen LogP contribution is 2.21. The molecule has 0 aliphatic heterocycles. The molecule has 0 heterocycles. The van der Waals surface area contributed by atoms with E-state index in [0.29, 0.717) is 12.3 Å².